The Kier molecular flexibility index (Phi) is 2.73. The second-order valence-corrected chi connectivity index (χ2v) is 4.25. The van der Waals surface area contributed by atoms with Gasteiger partial charge in [-0.25, -0.2) is 5.43 Å². The Balaban J connectivity index is 2.14. The molecule has 0 aromatic heterocycles. The van der Waals surface area contributed by atoms with Gasteiger partial charge in [-0.05, 0) is 37.0 Å². The summed E-state index contributed by atoms with van der Waals surface area (Å²) in [6, 6.07) is 8.64. The predicted molar refractivity (Wildman–Crippen MR) is 60.3 cm³/mol. The maximum Gasteiger partial charge on any atom is 0.0522 e. The summed E-state index contributed by atoms with van der Waals surface area (Å²) in [4.78, 5) is 0. The molecular weight excluding hydrogens is 172 g/mol. The molecule has 2 heteroatoms. The zero-order chi connectivity index (χ0) is 9.97. The van der Waals surface area contributed by atoms with Crippen molar-refractivity contribution in [2.24, 2.45) is 5.92 Å². The molecule has 1 fully saturated rings. The largest absolute Gasteiger partial charge is 0.308 e. The molecule has 1 aliphatic rings. The summed E-state index contributed by atoms with van der Waals surface area (Å²) in [6.45, 7) is 6.65. The van der Waals surface area contributed by atoms with Gasteiger partial charge in [-0.15, -0.1) is 0 Å². The molecule has 0 spiro atoms. The van der Waals surface area contributed by atoms with Crippen molar-refractivity contribution in [3.05, 3.63) is 29.8 Å². The molecule has 0 saturated carbocycles. The SMILES string of the molecule is Cc1cccc(N2CC(C)CCN2)c1. The lowest BCUT2D eigenvalue weighted by atomic mass is 10.1. The van der Waals surface area contributed by atoms with Crippen LogP contribution in [0.1, 0.15) is 18.9 Å². The highest BCUT2D eigenvalue weighted by atomic mass is 15.5. The number of aryl methyl sites for hydroxylation is 1. The van der Waals surface area contributed by atoms with Crippen LogP contribution in [-0.2, 0) is 0 Å². The van der Waals surface area contributed by atoms with Crippen molar-refractivity contribution in [2.45, 2.75) is 20.3 Å². The summed E-state index contributed by atoms with van der Waals surface area (Å²) in [5.74, 6) is 0.789. The molecule has 1 aliphatic heterocycles. The molecule has 1 atom stereocenters. The molecule has 0 bridgehead atoms. The van der Waals surface area contributed by atoms with Crippen LogP contribution >= 0.6 is 0 Å². The average molecular weight is 190 g/mol. The van der Waals surface area contributed by atoms with E-state index in [0.717, 1.165) is 19.0 Å². The highest BCUT2D eigenvalue weighted by Crippen LogP contribution is 2.18. The number of rotatable bonds is 1. The molecule has 0 radical (unpaired) electrons. The summed E-state index contributed by atoms with van der Waals surface area (Å²) in [5, 5.41) is 2.27. The van der Waals surface area contributed by atoms with Gasteiger partial charge in [-0.1, -0.05) is 19.1 Å². The van der Waals surface area contributed by atoms with Gasteiger partial charge in [0.15, 0.2) is 0 Å². The molecule has 2 nitrogen and oxygen atoms in total. The van der Waals surface area contributed by atoms with E-state index in [1.165, 1.54) is 17.7 Å². The van der Waals surface area contributed by atoms with Crippen molar-refractivity contribution >= 4 is 5.69 Å². The standard InChI is InChI=1S/C12H18N2/c1-10-4-3-5-12(8-10)14-9-11(2)6-7-13-14/h3-5,8,11,13H,6-7,9H2,1-2H3. The van der Waals surface area contributed by atoms with E-state index < -0.39 is 0 Å². The molecule has 1 N–H and O–H groups in total. The van der Waals surface area contributed by atoms with Gasteiger partial charge in [-0.2, -0.15) is 0 Å². The maximum atomic E-state index is 3.43. The lowest BCUT2D eigenvalue weighted by Crippen LogP contribution is -2.46. The topological polar surface area (TPSA) is 15.3 Å². The quantitative estimate of drug-likeness (QED) is 0.731. The molecule has 1 saturated heterocycles. The van der Waals surface area contributed by atoms with Gasteiger partial charge in [0, 0.05) is 13.1 Å². The van der Waals surface area contributed by atoms with Crippen LogP contribution in [0.3, 0.4) is 0 Å². The van der Waals surface area contributed by atoms with E-state index in [1.807, 2.05) is 0 Å². The number of hydrogen-bond acceptors (Lipinski definition) is 2. The number of anilines is 1. The first-order valence-corrected chi connectivity index (χ1v) is 5.33. The van der Waals surface area contributed by atoms with Crippen LogP contribution in [0.25, 0.3) is 0 Å². The average Bonchev–Trinajstić information content (AvgIpc) is 2.18. The molecular formula is C12H18N2. The van der Waals surface area contributed by atoms with Crippen LogP contribution in [0, 0.1) is 12.8 Å². The molecule has 1 unspecified atom stereocenters. The van der Waals surface area contributed by atoms with Gasteiger partial charge in [0.1, 0.15) is 0 Å². The Morgan fingerprint density at radius 2 is 2.29 bits per heavy atom. The molecule has 2 rings (SSSR count). The lowest BCUT2D eigenvalue weighted by Gasteiger charge is -2.33. The maximum absolute atomic E-state index is 3.43. The van der Waals surface area contributed by atoms with Crippen LogP contribution in [0.2, 0.25) is 0 Å². The van der Waals surface area contributed by atoms with Crippen LogP contribution in [0.4, 0.5) is 5.69 Å². The minimum absolute atomic E-state index is 0.789. The number of hydrogen-bond donors (Lipinski definition) is 1. The number of benzene rings is 1. The van der Waals surface area contributed by atoms with E-state index in [4.69, 9.17) is 0 Å². The van der Waals surface area contributed by atoms with Crippen LogP contribution < -0.4 is 10.4 Å². The minimum Gasteiger partial charge on any atom is -0.308 e. The van der Waals surface area contributed by atoms with E-state index in [2.05, 4.69) is 48.5 Å². The van der Waals surface area contributed by atoms with E-state index in [-0.39, 0.29) is 0 Å². The molecule has 1 aromatic carbocycles. The highest BCUT2D eigenvalue weighted by molar-refractivity contribution is 5.47. The lowest BCUT2D eigenvalue weighted by molar-refractivity contribution is 0.409. The van der Waals surface area contributed by atoms with Crippen molar-refractivity contribution < 1.29 is 0 Å². The third kappa shape index (κ3) is 2.07. The monoisotopic (exact) mass is 190 g/mol. The zero-order valence-corrected chi connectivity index (χ0v) is 8.96. The van der Waals surface area contributed by atoms with Gasteiger partial charge >= 0.3 is 0 Å². The third-order valence-corrected chi connectivity index (χ3v) is 2.75. The second-order valence-electron chi connectivity index (χ2n) is 4.25. The fourth-order valence-corrected chi connectivity index (χ4v) is 1.91. The first kappa shape index (κ1) is 9.53. The Labute approximate surface area is 85.9 Å². The Morgan fingerprint density at radius 1 is 1.43 bits per heavy atom. The number of nitrogens with one attached hydrogen (secondary N) is 1. The van der Waals surface area contributed by atoms with Gasteiger partial charge in [0.05, 0.1) is 5.69 Å². The van der Waals surface area contributed by atoms with E-state index in [9.17, 15) is 0 Å². The second kappa shape index (κ2) is 4.01. The van der Waals surface area contributed by atoms with E-state index >= 15 is 0 Å². The summed E-state index contributed by atoms with van der Waals surface area (Å²) in [6.07, 6.45) is 1.28. The summed E-state index contributed by atoms with van der Waals surface area (Å²) < 4.78 is 0. The third-order valence-electron chi connectivity index (χ3n) is 2.75. The summed E-state index contributed by atoms with van der Waals surface area (Å²) >= 11 is 0. The zero-order valence-electron chi connectivity index (χ0n) is 8.96. The fraction of sp³-hybridized carbons (Fsp3) is 0.500. The summed E-state index contributed by atoms with van der Waals surface area (Å²) in [7, 11) is 0. The molecule has 14 heavy (non-hydrogen) atoms. The van der Waals surface area contributed by atoms with Crippen LogP contribution in [-0.4, -0.2) is 13.1 Å². The van der Waals surface area contributed by atoms with Gasteiger partial charge in [0.25, 0.3) is 0 Å². The first-order valence-electron chi connectivity index (χ1n) is 5.33. The van der Waals surface area contributed by atoms with E-state index in [0.29, 0.717) is 0 Å². The molecule has 1 heterocycles. The Hall–Kier alpha value is -1.02. The van der Waals surface area contributed by atoms with Crippen molar-refractivity contribution in [3.63, 3.8) is 0 Å². The molecule has 76 valence electrons. The van der Waals surface area contributed by atoms with Crippen molar-refractivity contribution in [1.82, 2.24) is 5.43 Å². The Morgan fingerprint density at radius 3 is 3.00 bits per heavy atom. The minimum atomic E-state index is 0.789. The first-order chi connectivity index (χ1) is 6.75. The smallest absolute Gasteiger partial charge is 0.0522 e. The predicted octanol–water partition coefficient (Wildman–Crippen LogP) is 2.35. The van der Waals surface area contributed by atoms with Crippen LogP contribution in [0.5, 0.6) is 0 Å². The van der Waals surface area contributed by atoms with E-state index in [1.54, 1.807) is 0 Å². The van der Waals surface area contributed by atoms with Gasteiger partial charge < -0.3 is 5.01 Å². The van der Waals surface area contributed by atoms with Crippen molar-refractivity contribution in [3.8, 4) is 0 Å². The Bertz CT molecular complexity index is 309. The highest BCUT2D eigenvalue weighted by Gasteiger charge is 2.15. The summed E-state index contributed by atoms with van der Waals surface area (Å²) in [5.41, 5.74) is 6.04. The number of nitrogens with zero attached hydrogens (tertiary/aromatic N) is 1. The molecule has 0 amide bonds. The van der Waals surface area contributed by atoms with Crippen molar-refractivity contribution in [2.75, 3.05) is 18.1 Å². The molecule has 1 aromatic rings. The van der Waals surface area contributed by atoms with Gasteiger partial charge in [-0.3, -0.25) is 0 Å². The molecule has 0 aliphatic carbocycles. The fourth-order valence-electron chi connectivity index (χ4n) is 1.91. The van der Waals surface area contributed by atoms with Crippen molar-refractivity contribution in [1.29, 1.82) is 0 Å². The normalized spacial score (nSPS) is 22.4. The van der Waals surface area contributed by atoms with Gasteiger partial charge in [0.2, 0.25) is 0 Å². The number of hydrazine groups is 1. The van der Waals surface area contributed by atoms with Crippen LogP contribution in [0.15, 0.2) is 24.3 Å².